The summed E-state index contributed by atoms with van der Waals surface area (Å²) in [7, 11) is 1.78. The third-order valence-electron chi connectivity index (χ3n) is 5.49. The molecule has 0 unspecified atom stereocenters. The zero-order valence-corrected chi connectivity index (χ0v) is 19.3. The molecule has 3 aromatic rings. The average Bonchev–Trinajstić information content (AvgIpc) is 2.86. The smallest absolute Gasteiger partial charge is 0.191 e. The number of para-hydroxylation sites is 1. The molecule has 1 aromatic heterocycles. The zero-order valence-electron chi connectivity index (χ0n) is 19.3. The lowest BCUT2D eigenvalue weighted by molar-refractivity contribution is 0.122. The number of guanidine groups is 1. The van der Waals surface area contributed by atoms with Crippen LogP contribution in [0.25, 0.3) is 0 Å². The summed E-state index contributed by atoms with van der Waals surface area (Å²) in [5, 5.41) is 6.82. The molecule has 0 amide bonds. The molecule has 2 heterocycles. The van der Waals surface area contributed by atoms with E-state index in [-0.39, 0.29) is 0 Å². The quantitative estimate of drug-likeness (QED) is 0.425. The van der Waals surface area contributed by atoms with E-state index in [1.807, 2.05) is 42.6 Å². The van der Waals surface area contributed by atoms with Gasteiger partial charge in [-0.3, -0.25) is 4.99 Å². The van der Waals surface area contributed by atoms with Gasteiger partial charge in [-0.2, -0.15) is 0 Å². The summed E-state index contributed by atoms with van der Waals surface area (Å²) in [5.41, 5.74) is 3.34. The molecule has 1 aliphatic heterocycles. The fourth-order valence-corrected chi connectivity index (χ4v) is 3.72. The monoisotopic (exact) mass is 445 g/mol. The SMILES string of the molecule is CN=C(NCc1ccc(C)cc1Oc1ccccc1)NCc1cccnc1N1CCOCC1. The Morgan fingerprint density at radius 1 is 1.00 bits per heavy atom. The molecule has 2 aromatic carbocycles. The summed E-state index contributed by atoms with van der Waals surface area (Å²) < 4.78 is 11.6. The Morgan fingerprint density at radius 3 is 2.52 bits per heavy atom. The summed E-state index contributed by atoms with van der Waals surface area (Å²) in [6.45, 7) is 6.46. The number of aromatic nitrogens is 1. The number of hydrogen-bond acceptors (Lipinski definition) is 5. The van der Waals surface area contributed by atoms with Crippen molar-refractivity contribution in [3.8, 4) is 11.5 Å². The summed E-state index contributed by atoms with van der Waals surface area (Å²) in [6.07, 6.45) is 1.84. The van der Waals surface area contributed by atoms with Crippen molar-refractivity contribution in [3.63, 3.8) is 0 Å². The number of pyridine rings is 1. The average molecular weight is 446 g/mol. The van der Waals surface area contributed by atoms with Gasteiger partial charge in [0, 0.05) is 50.6 Å². The minimum absolute atomic E-state index is 0.589. The highest BCUT2D eigenvalue weighted by Gasteiger charge is 2.16. The van der Waals surface area contributed by atoms with Gasteiger partial charge in [-0.05, 0) is 36.8 Å². The van der Waals surface area contributed by atoms with Crippen LogP contribution in [0, 0.1) is 6.92 Å². The molecule has 0 saturated carbocycles. The standard InChI is InChI=1S/C26H31N5O2/c1-20-10-11-21(24(17-20)33-23-8-4-3-5-9-23)18-29-26(27-2)30-19-22-7-6-12-28-25(22)31-13-15-32-16-14-31/h3-12,17H,13-16,18-19H2,1-2H3,(H2,27,29,30). The lowest BCUT2D eigenvalue weighted by atomic mass is 10.1. The number of aryl methyl sites for hydroxylation is 1. The van der Waals surface area contributed by atoms with Crippen LogP contribution in [0.15, 0.2) is 71.9 Å². The van der Waals surface area contributed by atoms with E-state index < -0.39 is 0 Å². The first kappa shape index (κ1) is 22.6. The topological polar surface area (TPSA) is 71.0 Å². The molecule has 0 atom stereocenters. The first-order valence-corrected chi connectivity index (χ1v) is 11.3. The van der Waals surface area contributed by atoms with E-state index in [1.165, 1.54) is 0 Å². The van der Waals surface area contributed by atoms with Gasteiger partial charge in [0.05, 0.1) is 13.2 Å². The van der Waals surface area contributed by atoms with Gasteiger partial charge in [-0.25, -0.2) is 4.98 Å². The second-order valence-corrected chi connectivity index (χ2v) is 7.89. The molecule has 7 nitrogen and oxygen atoms in total. The second kappa shape index (κ2) is 11.3. The molecule has 7 heteroatoms. The van der Waals surface area contributed by atoms with Crippen molar-refractivity contribution in [2.24, 2.45) is 4.99 Å². The van der Waals surface area contributed by atoms with E-state index in [0.717, 1.165) is 66.3 Å². The van der Waals surface area contributed by atoms with Gasteiger partial charge in [-0.15, -0.1) is 0 Å². The van der Waals surface area contributed by atoms with Crippen LogP contribution in [0.1, 0.15) is 16.7 Å². The van der Waals surface area contributed by atoms with Crippen LogP contribution in [-0.4, -0.2) is 44.3 Å². The van der Waals surface area contributed by atoms with Gasteiger partial charge in [-0.1, -0.05) is 36.4 Å². The van der Waals surface area contributed by atoms with E-state index in [2.05, 4.69) is 56.7 Å². The molecule has 2 N–H and O–H groups in total. The molecule has 1 aliphatic rings. The van der Waals surface area contributed by atoms with E-state index in [4.69, 9.17) is 9.47 Å². The van der Waals surface area contributed by atoms with Gasteiger partial charge < -0.3 is 25.0 Å². The predicted molar refractivity (Wildman–Crippen MR) is 132 cm³/mol. The number of aliphatic imine (C=N–C) groups is 1. The highest BCUT2D eigenvalue weighted by molar-refractivity contribution is 5.79. The number of hydrogen-bond donors (Lipinski definition) is 2. The molecular weight excluding hydrogens is 414 g/mol. The maximum atomic E-state index is 6.14. The first-order chi connectivity index (χ1) is 16.2. The van der Waals surface area contributed by atoms with E-state index >= 15 is 0 Å². The second-order valence-electron chi connectivity index (χ2n) is 7.89. The van der Waals surface area contributed by atoms with E-state index in [1.54, 1.807) is 7.05 Å². The molecule has 33 heavy (non-hydrogen) atoms. The Kier molecular flexibility index (Phi) is 7.76. The highest BCUT2D eigenvalue weighted by Crippen LogP contribution is 2.26. The van der Waals surface area contributed by atoms with E-state index in [0.29, 0.717) is 13.1 Å². The number of nitrogens with zero attached hydrogens (tertiary/aromatic N) is 3. The molecule has 0 radical (unpaired) electrons. The third-order valence-corrected chi connectivity index (χ3v) is 5.49. The maximum Gasteiger partial charge on any atom is 0.191 e. The molecule has 0 spiro atoms. The lowest BCUT2D eigenvalue weighted by Gasteiger charge is -2.29. The van der Waals surface area contributed by atoms with Crippen LogP contribution in [0.4, 0.5) is 5.82 Å². The Labute approximate surface area is 195 Å². The number of benzene rings is 2. The van der Waals surface area contributed by atoms with Crippen molar-refractivity contribution in [1.29, 1.82) is 0 Å². The molecule has 172 valence electrons. The first-order valence-electron chi connectivity index (χ1n) is 11.3. The molecule has 0 aliphatic carbocycles. The largest absolute Gasteiger partial charge is 0.457 e. The normalized spacial score (nSPS) is 14.1. The molecular formula is C26H31N5O2. The van der Waals surface area contributed by atoms with Crippen LogP contribution in [0.3, 0.4) is 0 Å². The van der Waals surface area contributed by atoms with Gasteiger partial charge in [0.1, 0.15) is 17.3 Å². The van der Waals surface area contributed by atoms with Crippen LogP contribution < -0.4 is 20.3 Å². The number of rotatable bonds is 7. The molecule has 0 bridgehead atoms. The van der Waals surface area contributed by atoms with Crippen molar-refractivity contribution < 1.29 is 9.47 Å². The highest BCUT2D eigenvalue weighted by atomic mass is 16.5. The third kappa shape index (κ3) is 6.23. The number of ether oxygens (including phenoxy) is 2. The summed E-state index contributed by atoms with van der Waals surface area (Å²) in [6, 6.07) is 20.1. The van der Waals surface area contributed by atoms with Gasteiger partial charge in [0.15, 0.2) is 5.96 Å². The summed E-state index contributed by atoms with van der Waals surface area (Å²) >= 11 is 0. The van der Waals surface area contributed by atoms with Crippen molar-refractivity contribution in [3.05, 3.63) is 83.6 Å². The minimum atomic E-state index is 0.589. The van der Waals surface area contributed by atoms with Crippen molar-refractivity contribution in [2.75, 3.05) is 38.3 Å². The lowest BCUT2D eigenvalue weighted by Crippen LogP contribution is -2.39. The molecule has 1 saturated heterocycles. The van der Waals surface area contributed by atoms with Crippen molar-refractivity contribution in [2.45, 2.75) is 20.0 Å². The van der Waals surface area contributed by atoms with Crippen LogP contribution >= 0.6 is 0 Å². The molecule has 1 fully saturated rings. The number of morpholine rings is 1. The minimum Gasteiger partial charge on any atom is -0.457 e. The van der Waals surface area contributed by atoms with Crippen LogP contribution in [0.5, 0.6) is 11.5 Å². The van der Waals surface area contributed by atoms with Crippen LogP contribution in [-0.2, 0) is 17.8 Å². The van der Waals surface area contributed by atoms with Gasteiger partial charge in [0.2, 0.25) is 0 Å². The van der Waals surface area contributed by atoms with Gasteiger partial charge in [0.25, 0.3) is 0 Å². The zero-order chi connectivity index (χ0) is 22.9. The van der Waals surface area contributed by atoms with Crippen LogP contribution in [0.2, 0.25) is 0 Å². The fraction of sp³-hybridized carbons (Fsp3) is 0.308. The Morgan fingerprint density at radius 2 is 1.76 bits per heavy atom. The van der Waals surface area contributed by atoms with E-state index in [9.17, 15) is 0 Å². The maximum absolute atomic E-state index is 6.14. The summed E-state index contributed by atoms with van der Waals surface area (Å²) in [4.78, 5) is 11.3. The Bertz CT molecular complexity index is 1070. The van der Waals surface area contributed by atoms with Gasteiger partial charge >= 0.3 is 0 Å². The van der Waals surface area contributed by atoms with Crippen molar-refractivity contribution in [1.82, 2.24) is 15.6 Å². The van der Waals surface area contributed by atoms with Crippen molar-refractivity contribution >= 4 is 11.8 Å². The fourth-order valence-electron chi connectivity index (χ4n) is 3.72. The summed E-state index contributed by atoms with van der Waals surface area (Å²) in [5.74, 6) is 3.38. The Balaban J connectivity index is 1.39. The molecule has 4 rings (SSSR count). The number of anilines is 1. The predicted octanol–water partition coefficient (Wildman–Crippen LogP) is 3.88. The Hall–Kier alpha value is -3.58. The number of nitrogens with one attached hydrogen (secondary N) is 2.